The zero-order chi connectivity index (χ0) is 13.1. The molecule has 3 nitrogen and oxygen atoms in total. The van der Waals surface area contributed by atoms with Crippen LogP contribution in [0.5, 0.6) is 5.75 Å². The Morgan fingerprint density at radius 2 is 1.84 bits per heavy atom. The second-order valence-corrected chi connectivity index (χ2v) is 4.22. The first-order chi connectivity index (χ1) is 9.38. The first-order valence-corrected chi connectivity index (χ1v) is 6.11. The molecule has 0 aliphatic rings. The van der Waals surface area contributed by atoms with Gasteiger partial charge in [0.25, 0.3) is 0 Å². The summed E-state index contributed by atoms with van der Waals surface area (Å²) in [6.07, 6.45) is 3.58. The molecular weight excluding hydrogens is 236 g/mol. The van der Waals surface area contributed by atoms with E-state index in [0.29, 0.717) is 0 Å². The number of imidazole rings is 1. The minimum absolute atomic E-state index is 0.825. The van der Waals surface area contributed by atoms with Gasteiger partial charge >= 0.3 is 0 Å². The second kappa shape index (κ2) is 4.98. The molecule has 2 aromatic carbocycles. The molecule has 0 aliphatic carbocycles. The minimum atomic E-state index is 0.825. The lowest BCUT2D eigenvalue weighted by atomic mass is 9.99. The third kappa shape index (κ3) is 2.22. The zero-order valence-corrected chi connectivity index (χ0v) is 10.6. The molecule has 0 saturated carbocycles. The van der Waals surface area contributed by atoms with Gasteiger partial charge in [-0.3, -0.25) is 0 Å². The smallest absolute Gasteiger partial charge is 0.138 e. The maximum absolute atomic E-state index is 5.30. The first-order valence-electron chi connectivity index (χ1n) is 6.11. The molecule has 3 heteroatoms. The fraction of sp³-hybridized carbons (Fsp3) is 0.0625. The summed E-state index contributed by atoms with van der Waals surface area (Å²) in [6.45, 7) is 0. The van der Waals surface area contributed by atoms with Crippen molar-refractivity contribution in [2.75, 3.05) is 7.11 Å². The molecule has 0 spiro atoms. The highest BCUT2D eigenvalue weighted by Gasteiger charge is 2.10. The number of nitrogens with zero attached hydrogens (tertiary/aromatic N) is 1. The van der Waals surface area contributed by atoms with Crippen LogP contribution in [0.4, 0.5) is 0 Å². The Balaban J connectivity index is 2.19. The summed E-state index contributed by atoms with van der Waals surface area (Å²) >= 11 is 0. The summed E-state index contributed by atoms with van der Waals surface area (Å²) in [6, 6.07) is 16.3. The van der Waals surface area contributed by atoms with Crippen molar-refractivity contribution in [2.45, 2.75) is 0 Å². The van der Waals surface area contributed by atoms with Crippen LogP contribution in [0.15, 0.2) is 60.9 Å². The van der Waals surface area contributed by atoms with Crippen LogP contribution in [0.2, 0.25) is 0 Å². The van der Waals surface area contributed by atoms with Crippen molar-refractivity contribution >= 4 is 0 Å². The molecule has 1 N–H and O–H groups in total. The molecular formula is C16H14N2O. The fourth-order valence-corrected chi connectivity index (χ4v) is 2.13. The van der Waals surface area contributed by atoms with Crippen molar-refractivity contribution in [3.63, 3.8) is 0 Å². The number of ether oxygens (including phenoxy) is 1. The Bertz CT molecular complexity index is 660. The number of hydrogen-bond donors (Lipinski definition) is 1. The first kappa shape index (κ1) is 11.5. The summed E-state index contributed by atoms with van der Waals surface area (Å²) in [5.41, 5.74) is 3.34. The van der Waals surface area contributed by atoms with Gasteiger partial charge in [-0.05, 0) is 29.3 Å². The molecule has 1 aromatic heterocycles. The topological polar surface area (TPSA) is 37.9 Å². The van der Waals surface area contributed by atoms with E-state index in [9.17, 15) is 0 Å². The zero-order valence-electron chi connectivity index (χ0n) is 10.6. The van der Waals surface area contributed by atoms with E-state index in [1.54, 1.807) is 13.3 Å². The summed E-state index contributed by atoms with van der Waals surface area (Å²) in [7, 11) is 1.67. The van der Waals surface area contributed by atoms with Crippen LogP contribution in [-0.4, -0.2) is 17.1 Å². The van der Waals surface area contributed by atoms with Crippen molar-refractivity contribution < 1.29 is 4.74 Å². The Labute approximate surface area is 111 Å². The summed E-state index contributed by atoms with van der Waals surface area (Å²) in [5.74, 6) is 1.67. The molecule has 0 amide bonds. The molecule has 0 fully saturated rings. The van der Waals surface area contributed by atoms with Gasteiger partial charge in [0.2, 0.25) is 0 Å². The van der Waals surface area contributed by atoms with Crippen LogP contribution >= 0.6 is 0 Å². The van der Waals surface area contributed by atoms with Gasteiger partial charge < -0.3 is 9.72 Å². The number of benzene rings is 2. The summed E-state index contributed by atoms with van der Waals surface area (Å²) < 4.78 is 5.30. The fourth-order valence-electron chi connectivity index (χ4n) is 2.13. The maximum atomic E-state index is 5.30. The van der Waals surface area contributed by atoms with Crippen LogP contribution in [0.3, 0.4) is 0 Å². The lowest BCUT2D eigenvalue weighted by molar-refractivity contribution is 0.415. The molecule has 3 rings (SSSR count). The molecule has 0 bridgehead atoms. The lowest BCUT2D eigenvalue weighted by Gasteiger charge is -2.10. The molecule has 0 unspecified atom stereocenters. The van der Waals surface area contributed by atoms with E-state index in [1.165, 1.54) is 0 Å². The number of hydrogen-bond acceptors (Lipinski definition) is 2. The van der Waals surface area contributed by atoms with Gasteiger partial charge in [-0.1, -0.05) is 30.3 Å². The molecule has 3 aromatic rings. The molecule has 19 heavy (non-hydrogen) atoms. The lowest BCUT2D eigenvalue weighted by Crippen LogP contribution is -1.90. The Morgan fingerprint density at radius 1 is 1.00 bits per heavy atom. The standard InChI is InChI=1S/C16H14N2O/c1-19-13-7-8-14(12-5-3-2-4-6-12)15(11-13)16-17-9-10-18-16/h2-11H,1H3,(H,17,18). The highest BCUT2D eigenvalue weighted by Crippen LogP contribution is 2.33. The quantitative estimate of drug-likeness (QED) is 0.768. The number of aromatic nitrogens is 2. The van der Waals surface area contributed by atoms with Crippen LogP contribution in [-0.2, 0) is 0 Å². The van der Waals surface area contributed by atoms with E-state index in [0.717, 1.165) is 28.3 Å². The van der Waals surface area contributed by atoms with Gasteiger partial charge in [0.15, 0.2) is 0 Å². The predicted molar refractivity (Wildman–Crippen MR) is 76.0 cm³/mol. The van der Waals surface area contributed by atoms with Crippen molar-refractivity contribution in [2.24, 2.45) is 0 Å². The number of methoxy groups -OCH3 is 1. The molecule has 1 heterocycles. The SMILES string of the molecule is COc1ccc(-c2ccccc2)c(-c2ncc[nH]2)c1. The average Bonchev–Trinajstić information content (AvgIpc) is 3.01. The molecule has 0 atom stereocenters. The van der Waals surface area contributed by atoms with Gasteiger partial charge in [0, 0.05) is 18.0 Å². The van der Waals surface area contributed by atoms with Gasteiger partial charge in [-0.2, -0.15) is 0 Å². The third-order valence-electron chi connectivity index (χ3n) is 3.06. The largest absolute Gasteiger partial charge is 0.497 e. The van der Waals surface area contributed by atoms with Crippen LogP contribution in [0.25, 0.3) is 22.5 Å². The van der Waals surface area contributed by atoms with Crippen LogP contribution < -0.4 is 4.74 Å². The number of nitrogens with one attached hydrogen (secondary N) is 1. The van der Waals surface area contributed by atoms with E-state index in [-0.39, 0.29) is 0 Å². The molecule has 0 aliphatic heterocycles. The third-order valence-corrected chi connectivity index (χ3v) is 3.06. The highest BCUT2D eigenvalue weighted by atomic mass is 16.5. The van der Waals surface area contributed by atoms with E-state index >= 15 is 0 Å². The average molecular weight is 250 g/mol. The Kier molecular flexibility index (Phi) is 3.02. The Hall–Kier alpha value is -2.55. The van der Waals surface area contributed by atoms with E-state index in [1.807, 2.05) is 36.5 Å². The number of aromatic amines is 1. The van der Waals surface area contributed by atoms with E-state index in [2.05, 4.69) is 28.2 Å². The molecule has 0 radical (unpaired) electrons. The van der Waals surface area contributed by atoms with E-state index < -0.39 is 0 Å². The van der Waals surface area contributed by atoms with Gasteiger partial charge in [-0.25, -0.2) is 4.98 Å². The van der Waals surface area contributed by atoms with Crippen molar-refractivity contribution in [1.29, 1.82) is 0 Å². The van der Waals surface area contributed by atoms with Gasteiger partial charge in [0.1, 0.15) is 11.6 Å². The minimum Gasteiger partial charge on any atom is -0.497 e. The van der Waals surface area contributed by atoms with Crippen LogP contribution in [0.1, 0.15) is 0 Å². The van der Waals surface area contributed by atoms with Crippen LogP contribution in [0, 0.1) is 0 Å². The highest BCUT2D eigenvalue weighted by molar-refractivity contribution is 5.81. The molecule has 94 valence electrons. The normalized spacial score (nSPS) is 10.4. The second-order valence-electron chi connectivity index (χ2n) is 4.22. The van der Waals surface area contributed by atoms with E-state index in [4.69, 9.17) is 4.74 Å². The summed E-state index contributed by atoms with van der Waals surface area (Å²) in [5, 5.41) is 0. The number of rotatable bonds is 3. The maximum Gasteiger partial charge on any atom is 0.138 e. The monoisotopic (exact) mass is 250 g/mol. The van der Waals surface area contributed by atoms with Crippen molar-refractivity contribution in [3.8, 4) is 28.3 Å². The number of H-pyrrole nitrogens is 1. The predicted octanol–water partition coefficient (Wildman–Crippen LogP) is 3.75. The van der Waals surface area contributed by atoms with Crippen molar-refractivity contribution in [1.82, 2.24) is 9.97 Å². The molecule has 0 saturated heterocycles. The Morgan fingerprint density at radius 3 is 2.53 bits per heavy atom. The summed E-state index contributed by atoms with van der Waals surface area (Å²) in [4.78, 5) is 7.49. The van der Waals surface area contributed by atoms with Gasteiger partial charge in [-0.15, -0.1) is 0 Å². The van der Waals surface area contributed by atoms with Crippen molar-refractivity contribution in [3.05, 3.63) is 60.9 Å². The van der Waals surface area contributed by atoms with Gasteiger partial charge in [0.05, 0.1) is 7.11 Å².